The smallest absolute Gasteiger partial charge is 0.230 e. The molecule has 25 heavy (non-hydrogen) atoms. The van der Waals surface area contributed by atoms with Crippen molar-refractivity contribution in [1.29, 1.82) is 0 Å². The highest BCUT2D eigenvalue weighted by Gasteiger charge is 2.45. The average molecular weight is 354 g/mol. The number of nitrogens with one attached hydrogen (secondary N) is 1. The lowest BCUT2D eigenvalue weighted by Crippen LogP contribution is -2.49. The fraction of sp³-hybridized carbons (Fsp3) is 0.300. The van der Waals surface area contributed by atoms with E-state index in [1.54, 1.807) is 0 Å². The SMILES string of the molecule is O=C(NCCc1cn2ccccc2n1)C1(c2ccc(Cl)cc2)CCC1. The third-order valence-corrected chi connectivity index (χ3v) is 5.37. The fourth-order valence-electron chi connectivity index (χ4n) is 3.53. The first-order chi connectivity index (χ1) is 12.2. The van der Waals surface area contributed by atoms with Crippen molar-refractivity contribution < 1.29 is 4.79 Å². The zero-order valence-corrected chi connectivity index (χ0v) is 14.7. The number of fused-ring (bicyclic) bond motifs is 1. The molecule has 0 saturated heterocycles. The Morgan fingerprint density at radius 2 is 2.00 bits per heavy atom. The number of hydrogen-bond acceptors (Lipinski definition) is 2. The largest absolute Gasteiger partial charge is 0.355 e. The molecule has 128 valence electrons. The molecule has 0 radical (unpaired) electrons. The summed E-state index contributed by atoms with van der Waals surface area (Å²) in [4.78, 5) is 17.4. The van der Waals surface area contributed by atoms with Gasteiger partial charge in [0, 0.05) is 30.4 Å². The quantitative estimate of drug-likeness (QED) is 0.759. The lowest BCUT2D eigenvalue weighted by molar-refractivity contribution is -0.129. The molecule has 2 aromatic heterocycles. The van der Waals surface area contributed by atoms with Crippen LogP contribution in [0.25, 0.3) is 5.65 Å². The van der Waals surface area contributed by atoms with E-state index in [0.717, 1.165) is 42.6 Å². The molecule has 0 aliphatic heterocycles. The average Bonchev–Trinajstić information content (AvgIpc) is 2.98. The van der Waals surface area contributed by atoms with Crippen molar-refractivity contribution in [2.45, 2.75) is 31.1 Å². The van der Waals surface area contributed by atoms with Crippen LogP contribution in [0.1, 0.15) is 30.5 Å². The molecule has 1 fully saturated rings. The van der Waals surface area contributed by atoms with Crippen LogP contribution in [0.2, 0.25) is 5.02 Å². The van der Waals surface area contributed by atoms with E-state index in [9.17, 15) is 4.79 Å². The second kappa shape index (κ2) is 6.52. The van der Waals surface area contributed by atoms with Crippen LogP contribution in [0.3, 0.4) is 0 Å². The summed E-state index contributed by atoms with van der Waals surface area (Å²) in [6.45, 7) is 0.595. The van der Waals surface area contributed by atoms with E-state index in [1.807, 2.05) is 59.3 Å². The Balaban J connectivity index is 1.41. The maximum atomic E-state index is 12.8. The molecular weight excluding hydrogens is 334 g/mol. The Morgan fingerprint density at radius 3 is 2.68 bits per heavy atom. The van der Waals surface area contributed by atoms with Gasteiger partial charge in [-0.15, -0.1) is 0 Å². The first-order valence-corrected chi connectivity index (χ1v) is 9.02. The topological polar surface area (TPSA) is 46.4 Å². The van der Waals surface area contributed by atoms with Crippen molar-refractivity contribution in [3.05, 3.63) is 71.1 Å². The number of halogens is 1. The van der Waals surface area contributed by atoms with Crippen molar-refractivity contribution in [2.24, 2.45) is 0 Å². The first-order valence-electron chi connectivity index (χ1n) is 8.64. The molecule has 1 aliphatic rings. The zero-order chi connectivity index (χ0) is 17.3. The number of imidazole rings is 1. The fourth-order valence-corrected chi connectivity index (χ4v) is 3.65. The monoisotopic (exact) mass is 353 g/mol. The number of rotatable bonds is 5. The van der Waals surface area contributed by atoms with Crippen LogP contribution >= 0.6 is 11.6 Å². The molecule has 3 aromatic rings. The lowest BCUT2D eigenvalue weighted by Gasteiger charge is -2.40. The minimum Gasteiger partial charge on any atom is -0.355 e. The predicted molar refractivity (Wildman–Crippen MR) is 98.9 cm³/mol. The highest BCUT2D eigenvalue weighted by Crippen LogP contribution is 2.44. The number of nitrogens with zero attached hydrogens (tertiary/aromatic N) is 2. The number of pyridine rings is 1. The molecule has 1 aromatic carbocycles. The summed E-state index contributed by atoms with van der Waals surface area (Å²) in [6.07, 6.45) is 7.60. The third-order valence-electron chi connectivity index (χ3n) is 5.12. The third kappa shape index (κ3) is 3.02. The van der Waals surface area contributed by atoms with Crippen molar-refractivity contribution in [3.63, 3.8) is 0 Å². The number of carbonyl (C=O) groups excluding carboxylic acids is 1. The summed E-state index contributed by atoms with van der Waals surface area (Å²) < 4.78 is 2.00. The van der Waals surface area contributed by atoms with Gasteiger partial charge in [-0.05, 0) is 42.7 Å². The molecule has 4 nitrogen and oxygen atoms in total. The number of aromatic nitrogens is 2. The van der Waals surface area contributed by atoms with Gasteiger partial charge in [0.25, 0.3) is 0 Å². The van der Waals surface area contributed by atoms with Crippen molar-refractivity contribution in [1.82, 2.24) is 14.7 Å². The van der Waals surface area contributed by atoms with Crippen LogP contribution in [-0.4, -0.2) is 21.8 Å². The molecule has 2 heterocycles. The number of amides is 1. The van der Waals surface area contributed by atoms with E-state index in [2.05, 4.69) is 10.3 Å². The van der Waals surface area contributed by atoms with Crippen LogP contribution < -0.4 is 5.32 Å². The van der Waals surface area contributed by atoms with Gasteiger partial charge in [-0.2, -0.15) is 0 Å². The molecule has 0 spiro atoms. The van der Waals surface area contributed by atoms with Gasteiger partial charge < -0.3 is 9.72 Å². The second-order valence-electron chi connectivity index (χ2n) is 6.65. The maximum absolute atomic E-state index is 12.8. The highest BCUT2D eigenvalue weighted by molar-refractivity contribution is 6.30. The molecule has 1 aliphatic carbocycles. The van der Waals surface area contributed by atoms with Crippen LogP contribution in [0, 0.1) is 0 Å². The Hall–Kier alpha value is -2.33. The van der Waals surface area contributed by atoms with Gasteiger partial charge in [-0.25, -0.2) is 4.98 Å². The van der Waals surface area contributed by atoms with Crippen molar-refractivity contribution >= 4 is 23.2 Å². The second-order valence-corrected chi connectivity index (χ2v) is 7.08. The van der Waals surface area contributed by atoms with Crippen LogP contribution in [0.5, 0.6) is 0 Å². The van der Waals surface area contributed by atoms with Crippen LogP contribution in [0.4, 0.5) is 0 Å². The highest BCUT2D eigenvalue weighted by atomic mass is 35.5. The standard InChI is InChI=1S/C20H20ClN3O/c21-16-7-5-15(6-8-16)20(10-3-11-20)19(25)22-12-9-17-14-24-13-2-1-4-18(24)23-17/h1-2,4-8,13-14H,3,9-12H2,(H,22,25). The molecule has 0 atom stereocenters. The Kier molecular flexibility index (Phi) is 4.22. The summed E-state index contributed by atoms with van der Waals surface area (Å²) in [5.41, 5.74) is 2.60. The van der Waals surface area contributed by atoms with Gasteiger partial charge in [-0.3, -0.25) is 4.79 Å². The van der Waals surface area contributed by atoms with Crippen LogP contribution in [0.15, 0.2) is 54.9 Å². The molecular formula is C20H20ClN3O. The molecule has 4 rings (SSSR count). The van der Waals surface area contributed by atoms with Gasteiger partial charge in [-0.1, -0.05) is 36.2 Å². The van der Waals surface area contributed by atoms with E-state index in [-0.39, 0.29) is 11.3 Å². The van der Waals surface area contributed by atoms with Crippen molar-refractivity contribution in [2.75, 3.05) is 6.54 Å². The Bertz CT molecular complexity index is 864. The minimum absolute atomic E-state index is 0.116. The molecule has 1 amide bonds. The Labute approximate surface area is 151 Å². The van der Waals surface area contributed by atoms with Gasteiger partial charge in [0.15, 0.2) is 0 Å². The minimum atomic E-state index is -0.385. The van der Waals surface area contributed by atoms with Crippen LogP contribution in [-0.2, 0) is 16.6 Å². The summed E-state index contributed by atoms with van der Waals surface area (Å²) in [5, 5.41) is 3.81. The van der Waals surface area contributed by atoms with E-state index in [0.29, 0.717) is 11.6 Å². The van der Waals surface area contributed by atoms with Gasteiger partial charge in [0.05, 0.1) is 11.1 Å². The zero-order valence-electron chi connectivity index (χ0n) is 13.9. The summed E-state index contributed by atoms with van der Waals surface area (Å²) in [7, 11) is 0. The van der Waals surface area contributed by atoms with Crippen molar-refractivity contribution in [3.8, 4) is 0 Å². The summed E-state index contributed by atoms with van der Waals surface area (Å²) >= 11 is 5.98. The summed E-state index contributed by atoms with van der Waals surface area (Å²) in [5.74, 6) is 0.116. The van der Waals surface area contributed by atoms with E-state index >= 15 is 0 Å². The van der Waals surface area contributed by atoms with E-state index in [4.69, 9.17) is 11.6 Å². The van der Waals surface area contributed by atoms with Gasteiger partial charge in [0.1, 0.15) is 5.65 Å². The molecule has 1 saturated carbocycles. The first kappa shape index (κ1) is 16.2. The summed E-state index contributed by atoms with van der Waals surface area (Å²) in [6, 6.07) is 13.6. The Morgan fingerprint density at radius 1 is 1.20 bits per heavy atom. The van der Waals surface area contributed by atoms with E-state index < -0.39 is 0 Å². The predicted octanol–water partition coefficient (Wildman–Crippen LogP) is 3.77. The number of hydrogen-bond donors (Lipinski definition) is 1. The van der Waals surface area contributed by atoms with E-state index in [1.165, 1.54) is 0 Å². The lowest BCUT2D eigenvalue weighted by atomic mass is 9.64. The molecule has 0 bridgehead atoms. The van der Waals surface area contributed by atoms with Gasteiger partial charge >= 0.3 is 0 Å². The molecule has 0 unspecified atom stereocenters. The maximum Gasteiger partial charge on any atom is 0.230 e. The molecule has 1 N–H and O–H groups in total. The number of benzene rings is 1. The molecule has 5 heteroatoms. The normalized spacial score (nSPS) is 15.7. The number of carbonyl (C=O) groups is 1. The van der Waals surface area contributed by atoms with Gasteiger partial charge in [0.2, 0.25) is 5.91 Å².